The number of fused-ring (bicyclic) bond motifs is 6. The first-order valence-electron chi connectivity index (χ1n) is 24.1. The summed E-state index contributed by atoms with van der Waals surface area (Å²) in [6, 6.07) is 68.8. The second-order valence-electron chi connectivity index (χ2n) is 19.1. The molecule has 0 saturated carbocycles. The van der Waals surface area contributed by atoms with Crippen molar-refractivity contribution in [2.75, 3.05) is 0 Å². The molecule has 72 heavy (non-hydrogen) atoms. The van der Waals surface area contributed by atoms with Crippen LogP contribution in [-0.2, 0) is 6.18 Å². The van der Waals surface area contributed by atoms with E-state index >= 15 is 13.2 Å². The Bertz CT molecular complexity index is 4010. The molecule has 0 N–H and O–H groups in total. The van der Waals surface area contributed by atoms with Crippen LogP contribution in [0.15, 0.2) is 206 Å². The highest BCUT2D eigenvalue weighted by Gasteiger charge is 2.32. The third kappa shape index (κ3) is 7.71. The Morgan fingerprint density at radius 2 is 0.708 bits per heavy atom. The fraction of sp³-hybridized carbons (Fsp3) is 0.0758. The van der Waals surface area contributed by atoms with Crippen molar-refractivity contribution in [3.8, 4) is 67.0 Å². The van der Waals surface area contributed by atoms with Crippen LogP contribution in [0.1, 0.15) is 27.8 Å². The third-order valence-electron chi connectivity index (χ3n) is 14.1. The number of hydrogen-bond acceptors (Lipinski definition) is 0. The Morgan fingerprint density at radius 1 is 0.347 bits per heavy atom. The topological polar surface area (TPSA) is 14.2 Å². The van der Waals surface area contributed by atoms with E-state index in [0.717, 1.165) is 110 Å². The number of alkyl halides is 3. The van der Waals surface area contributed by atoms with E-state index in [9.17, 15) is 0 Å². The van der Waals surface area contributed by atoms with Crippen molar-refractivity contribution in [1.29, 1.82) is 0 Å². The minimum absolute atomic E-state index is 0.370. The fourth-order valence-electron chi connectivity index (χ4n) is 10.7. The molecule has 346 valence electrons. The fourth-order valence-corrected chi connectivity index (χ4v) is 10.7. The van der Waals surface area contributed by atoms with Gasteiger partial charge < -0.3 is 9.13 Å². The van der Waals surface area contributed by atoms with Crippen LogP contribution in [0.4, 0.5) is 18.9 Å². The van der Waals surface area contributed by atoms with E-state index in [1.807, 2.05) is 12.1 Å². The van der Waals surface area contributed by atoms with Gasteiger partial charge in [-0.15, -0.1) is 0 Å². The lowest BCUT2D eigenvalue weighted by Crippen LogP contribution is -2.08. The van der Waals surface area contributed by atoms with Gasteiger partial charge in [-0.2, -0.15) is 13.2 Å². The van der Waals surface area contributed by atoms with Gasteiger partial charge in [-0.05, 0) is 145 Å². The van der Waals surface area contributed by atoms with Crippen molar-refractivity contribution in [1.82, 2.24) is 9.13 Å². The van der Waals surface area contributed by atoms with Gasteiger partial charge in [0.1, 0.15) is 0 Å². The van der Waals surface area contributed by atoms with Crippen LogP contribution in [0, 0.1) is 34.3 Å². The van der Waals surface area contributed by atoms with Crippen molar-refractivity contribution >= 4 is 49.3 Å². The molecule has 0 saturated heterocycles. The van der Waals surface area contributed by atoms with Crippen LogP contribution >= 0.6 is 0 Å². The van der Waals surface area contributed by atoms with Gasteiger partial charge >= 0.3 is 6.18 Å². The van der Waals surface area contributed by atoms with Gasteiger partial charge in [0.25, 0.3) is 0 Å². The first-order chi connectivity index (χ1) is 34.9. The first-order valence-corrected chi connectivity index (χ1v) is 24.1. The van der Waals surface area contributed by atoms with Crippen LogP contribution in [0.2, 0.25) is 0 Å². The summed E-state index contributed by atoms with van der Waals surface area (Å²) in [7, 11) is 0. The van der Waals surface area contributed by atoms with Gasteiger partial charge in [0.2, 0.25) is 0 Å². The molecule has 12 aromatic rings. The van der Waals surface area contributed by atoms with Gasteiger partial charge in [-0.25, -0.2) is 4.85 Å². The lowest BCUT2D eigenvalue weighted by Gasteiger charge is -2.21. The van der Waals surface area contributed by atoms with Crippen molar-refractivity contribution in [2.24, 2.45) is 0 Å². The number of nitrogens with zero attached hydrogens (tertiary/aromatic N) is 3. The molecule has 0 aliphatic heterocycles. The zero-order valence-electron chi connectivity index (χ0n) is 40.1. The van der Waals surface area contributed by atoms with E-state index in [1.54, 1.807) is 12.1 Å². The summed E-state index contributed by atoms with van der Waals surface area (Å²) in [5.41, 5.74) is 18.2. The summed E-state index contributed by atoms with van der Waals surface area (Å²) in [6.07, 6.45) is -4.64. The summed E-state index contributed by atoms with van der Waals surface area (Å²) < 4.78 is 49.8. The number of aryl methyl sites for hydroxylation is 4. The Balaban J connectivity index is 1.15. The van der Waals surface area contributed by atoms with E-state index in [2.05, 4.69) is 212 Å². The van der Waals surface area contributed by atoms with E-state index in [1.165, 1.54) is 12.1 Å². The lowest BCUT2D eigenvalue weighted by molar-refractivity contribution is -0.137. The monoisotopic (exact) mass is 937 g/mol. The molecule has 10 aromatic carbocycles. The molecule has 0 aliphatic carbocycles. The summed E-state index contributed by atoms with van der Waals surface area (Å²) in [4.78, 5) is 3.90. The van der Waals surface area contributed by atoms with E-state index in [0.29, 0.717) is 28.2 Å². The molecule has 0 amide bonds. The van der Waals surface area contributed by atoms with E-state index in [4.69, 9.17) is 6.57 Å². The molecule has 2 heterocycles. The minimum Gasteiger partial charge on any atom is -0.310 e. The molecule has 0 radical (unpaired) electrons. The van der Waals surface area contributed by atoms with Crippen LogP contribution in [0.3, 0.4) is 0 Å². The van der Waals surface area contributed by atoms with Gasteiger partial charge in [0.15, 0.2) is 5.69 Å². The number of aromatic nitrogens is 2. The maximum absolute atomic E-state index is 15.2. The zero-order valence-corrected chi connectivity index (χ0v) is 40.1. The predicted molar refractivity (Wildman–Crippen MR) is 293 cm³/mol. The Hall–Kier alpha value is -8.92. The largest absolute Gasteiger partial charge is 0.416 e. The van der Waals surface area contributed by atoms with Gasteiger partial charge in [-0.3, -0.25) is 0 Å². The Kier molecular flexibility index (Phi) is 10.6. The third-order valence-corrected chi connectivity index (χ3v) is 14.1. The first kappa shape index (κ1) is 44.3. The molecule has 0 atom stereocenters. The highest BCUT2D eigenvalue weighted by molar-refractivity contribution is 6.14. The molecule has 2 aromatic heterocycles. The lowest BCUT2D eigenvalue weighted by atomic mass is 9.97. The maximum atomic E-state index is 15.2. The minimum atomic E-state index is -4.64. The van der Waals surface area contributed by atoms with Crippen molar-refractivity contribution in [2.45, 2.75) is 33.9 Å². The van der Waals surface area contributed by atoms with Crippen LogP contribution < -0.4 is 0 Å². The molecular weight excluding hydrogens is 892 g/mol. The number of rotatable bonds is 7. The average molecular weight is 938 g/mol. The number of halogens is 3. The van der Waals surface area contributed by atoms with Gasteiger partial charge in [0.05, 0.1) is 39.9 Å². The Labute approximate surface area is 416 Å². The van der Waals surface area contributed by atoms with Crippen molar-refractivity contribution < 1.29 is 13.2 Å². The normalized spacial score (nSPS) is 11.8. The SMILES string of the molecule is [C-]#[N+]c1ccc(-c2cc(C(F)(F)F)ccc2-n2c3ccc(-c4cccc(C)c4)cc3c3cc(-c4cccc(C)c4)ccc32)c(-n2c3ccc(-c4cccc(C)c4)cc3c3cc(-c4cccc(C)c4)ccc32)c1. The predicted octanol–water partition coefficient (Wildman–Crippen LogP) is 19.0. The molecule has 0 bridgehead atoms. The van der Waals surface area contributed by atoms with E-state index in [-0.39, 0.29) is 0 Å². The van der Waals surface area contributed by atoms with Crippen LogP contribution in [0.5, 0.6) is 0 Å². The van der Waals surface area contributed by atoms with Crippen LogP contribution in [0.25, 0.3) is 115 Å². The maximum Gasteiger partial charge on any atom is 0.416 e. The molecule has 6 heteroatoms. The quantitative estimate of drug-likeness (QED) is 0.141. The second kappa shape index (κ2) is 17.2. The van der Waals surface area contributed by atoms with Gasteiger partial charge in [0, 0.05) is 38.4 Å². The highest BCUT2D eigenvalue weighted by atomic mass is 19.4. The zero-order chi connectivity index (χ0) is 49.4. The average Bonchev–Trinajstić information content (AvgIpc) is 3.89. The molecule has 0 fully saturated rings. The number of benzene rings is 10. The molecule has 0 unspecified atom stereocenters. The Morgan fingerprint density at radius 3 is 1.06 bits per heavy atom. The number of hydrogen-bond donors (Lipinski definition) is 0. The van der Waals surface area contributed by atoms with Crippen molar-refractivity contribution in [3.05, 3.63) is 245 Å². The summed E-state index contributed by atoms with van der Waals surface area (Å²) in [6.45, 7) is 16.6. The molecule has 12 rings (SSSR count). The second-order valence-corrected chi connectivity index (χ2v) is 19.1. The van der Waals surface area contributed by atoms with Crippen molar-refractivity contribution in [3.63, 3.8) is 0 Å². The molecule has 0 aliphatic rings. The highest BCUT2D eigenvalue weighted by Crippen LogP contribution is 2.46. The molecule has 3 nitrogen and oxygen atoms in total. The summed E-state index contributed by atoms with van der Waals surface area (Å²) in [5.74, 6) is 0. The molecule has 0 spiro atoms. The summed E-state index contributed by atoms with van der Waals surface area (Å²) >= 11 is 0. The van der Waals surface area contributed by atoms with E-state index < -0.39 is 11.7 Å². The smallest absolute Gasteiger partial charge is 0.310 e. The molecular formula is C66H46F3N3. The van der Waals surface area contributed by atoms with Crippen LogP contribution in [-0.4, -0.2) is 9.13 Å². The summed E-state index contributed by atoms with van der Waals surface area (Å²) in [5, 5.41) is 3.92. The standard InChI is InChI=1S/C66H46F3N3/c1-40-10-6-14-44(30-40)48-18-25-60-55(34-48)56-35-49(45-15-7-11-41(2)31-45)19-26-61(56)71(60)64-29-22-52(66(67,68)69)38-59(64)54-24-23-53(70-5)39-65(54)72-62-27-20-50(46-16-8-12-42(3)32-46)36-57(62)58-37-51(21-28-63(58)72)47-17-9-13-43(4)33-47/h6-39H,1-4H3. The van der Waals surface area contributed by atoms with Gasteiger partial charge in [-0.1, -0.05) is 156 Å².